The molecule has 1 aromatic carbocycles. The van der Waals surface area contributed by atoms with E-state index in [4.69, 9.17) is 0 Å². The maximum absolute atomic E-state index is 13.4. The summed E-state index contributed by atoms with van der Waals surface area (Å²) in [5.41, 5.74) is 3.76. The minimum atomic E-state index is -0.300. The summed E-state index contributed by atoms with van der Waals surface area (Å²) in [4.78, 5) is 8.31. The molecule has 6 heteroatoms. The van der Waals surface area contributed by atoms with Crippen molar-refractivity contribution in [1.82, 2.24) is 20.2 Å². The second-order valence-electron chi connectivity index (χ2n) is 4.65. The maximum Gasteiger partial charge on any atom is 0.137 e. The van der Waals surface area contributed by atoms with Crippen LogP contribution in [0.3, 0.4) is 0 Å². The van der Waals surface area contributed by atoms with Crippen molar-refractivity contribution in [3.05, 3.63) is 47.3 Å². The number of hydrogen-bond acceptors (Lipinski definition) is 4. The number of rotatable bonds is 3. The molecule has 0 saturated carbocycles. The topological polar surface area (TPSA) is 66.5 Å². The van der Waals surface area contributed by atoms with Gasteiger partial charge in [0, 0.05) is 23.2 Å². The Bertz CT molecular complexity index is 746. The average Bonchev–Trinajstić information content (AvgIpc) is 2.76. The first kappa shape index (κ1) is 12.5. The largest absolute Gasteiger partial charge is 0.365 e. The summed E-state index contributed by atoms with van der Waals surface area (Å²) in [6.07, 6.45) is 1.47. The van der Waals surface area contributed by atoms with Crippen molar-refractivity contribution in [3.63, 3.8) is 0 Å². The first-order valence-corrected chi connectivity index (χ1v) is 6.29. The van der Waals surface area contributed by atoms with Gasteiger partial charge in [-0.05, 0) is 32.0 Å². The smallest absolute Gasteiger partial charge is 0.137 e. The Balaban J connectivity index is 1.93. The Kier molecular flexibility index (Phi) is 3.06. The third-order valence-corrected chi connectivity index (χ3v) is 3.31. The van der Waals surface area contributed by atoms with Gasteiger partial charge in [-0.15, -0.1) is 0 Å². The minimum Gasteiger partial charge on any atom is -0.365 e. The van der Waals surface area contributed by atoms with E-state index in [1.165, 1.54) is 18.5 Å². The number of H-pyrrole nitrogens is 1. The quantitative estimate of drug-likeness (QED) is 0.768. The number of nitrogens with one attached hydrogen (secondary N) is 2. The fourth-order valence-electron chi connectivity index (χ4n) is 2.18. The van der Waals surface area contributed by atoms with Crippen molar-refractivity contribution >= 4 is 16.7 Å². The summed E-state index contributed by atoms with van der Waals surface area (Å²) < 4.78 is 13.4. The van der Waals surface area contributed by atoms with E-state index >= 15 is 0 Å². The number of anilines is 1. The van der Waals surface area contributed by atoms with Crippen molar-refractivity contribution in [2.45, 2.75) is 20.4 Å². The molecule has 0 aliphatic carbocycles. The Morgan fingerprint density at radius 3 is 2.85 bits per heavy atom. The van der Waals surface area contributed by atoms with Crippen molar-refractivity contribution < 1.29 is 4.39 Å². The standard InChI is InChI=1S/C14H14FN5/c1-8-12(9(2)20-19-8)6-16-14-11-5-10(15)3-4-13(11)17-7-18-14/h3-5,7H,6H2,1-2H3,(H,19,20)(H,16,17,18). The number of benzene rings is 1. The van der Waals surface area contributed by atoms with Gasteiger partial charge < -0.3 is 5.32 Å². The molecule has 0 fully saturated rings. The first-order chi connectivity index (χ1) is 9.65. The second kappa shape index (κ2) is 4.88. The summed E-state index contributed by atoms with van der Waals surface area (Å²) in [6, 6.07) is 4.47. The third kappa shape index (κ3) is 2.20. The van der Waals surface area contributed by atoms with E-state index in [0.717, 1.165) is 17.0 Å². The van der Waals surface area contributed by atoms with Crippen LogP contribution in [0.15, 0.2) is 24.5 Å². The highest BCUT2D eigenvalue weighted by Crippen LogP contribution is 2.21. The Morgan fingerprint density at radius 1 is 1.25 bits per heavy atom. The zero-order valence-corrected chi connectivity index (χ0v) is 11.2. The van der Waals surface area contributed by atoms with Crippen LogP contribution in [-0.2, 0) is 6.54 Å². The van der Waals surface area contributed by atoms with Gasteiger partial charge in [0.05, 0.1) is 11.2 Å². The molecule has 0 radical (unpaired) electrons. The second-order valence-corrected chi connectivity index (χ2v) is 4.65. The molecule has 2 heterocycles. The molecule has 0 bridgehead atoms. The molecule has 0 spiro atoms. The van der Waals surface area contributed by atoms with Gasteiger partial charge >= 0.3 is 0 Å². The number of aromatic nitrogens is 4. The normalized spacial score (nSPS) is 10.9. The molecule has 0 unspecified atom stereocenters. The molecule has 5 nitrogen and oxygen atoms in total. The highest BCUT2D eigenvalue weighted by atomic mass is 19.1. The Morgan fingerprint density at radius 2 is 2.10 bits per heavy atom. The van der Waals surface area contributed by atoms with E-state index in [1.54, 1.807) is 6.07 Å². The monoisotopic (exact) mass is 271 g/mol. The van der Waals surface area contributed by atoms with Crippen LogP contribution >= 0.6 is 0 Å². The molecule has 0 saturated heterocycles. The Labute approximate surface area is 115 Å². The van der Waals surface area contributed by atoms with Gasteiger partial charge in [-0.2, -0.15) is 5.10 Å². The molecule has 0 atom stereocenters. The molecule has 3 rings (SSSR count). The SMILES string of the molecule is Cc1n[nH]c(C)c1CNc1ncnc2ccc(F)cc12. The van der Waals surface area contributed by atoms with Crippen LogP contribution in [0.25, 0.3) is 10.9 Å². The van der Waals surface area contributed by atoms with Crippen LogP contribution < -0.4 is 5.32 Å². The summed E-state index contributed by atoms with van der Waals surface area (Å²) in [5, 5.41) is 11.0. The molecular weight excluding hydrogens is 257 g/mol. The van der Waals surface area contributed by atoms with Gasteiger partial charge in [-0.3, -0.25) is 5.10 Å². The van der Waals surface area contributed by atoms with E-state index in [-0.39, 0.29) is 5.82 Å². The van der Waals surface area contributed by atoms with Gasteiger partial charge in [0.15, 0.2) is 0 Å². The summed E-state index contributed by atoms with van der Waals surface area (Å²) in [6.45, 7) is 4.49. The van der Waals surface area contributed by atoms with Gasteiger partial charge in [-0.25, -0.2) is 14.4 Å². The average molecular weight is 271 g/mol. The number of hydrogen-bond donors (Lipinski definition) is 2. The van der Waals surface area contributed by atoms with Gasteiger partial charge in [0.25, 0.3) is 0 Å². The van der Waals surface area contributed by atoms with Gasteiger partial charge in [0.2, 0.25) is 0 Å². The molecular formula is C14H14FN5. The number of fused-ring (bicyclic) bond motifs is 1. The van der Waals surface area contributed by atoms with E-state index in [0.29, 0.717) is 23.3 Å². The molecule has 20 heavy (non-hydrogen) atoms. The predicted molar refractivity (Wildman–Crippen MR) is 74.9 cm³/mol. The number of aryl methyl sites for hydroxylation is 2. The van der Waals surface area contributed by atoms with Crippen LogP contribution in [0.4, 0.5) is 10.2 Å². The fourth-order valence-corrected chi connectivity index (χ4v) is 2.18. The van der Waals surface area contributed by atoms with Crippen molar-refractivity contribution in [2.24, 2.45) is 0 Å². The van der Waals surface area contributed by atoms with Crippen molar-refractivity contribution in [2.75, 3.05) is 5.32 Å². The highest BCUT2D eigenvalue weighted by Gasteiger charge is 2.08. The fraction of sp³-hybridized carbons (Fsp3) is 0.214. The lowest BCUT2D eigenvalue weighted by Crippen LogP contribution is -2.04. The van der Waals surface area contributed by atoms with Gasteiger partial charge in [0.1, 0.15) is 18.0 Å². The molecule has 0 aliphatic heterocycles. The maximum atomic E-state index is 13.4. The van der Waals surface area contributed by atoms with E-state index in [9.17, 15) is 4.39 Å². The van der Waals surface area contributed by atoms with Crippen LogP contribution in [-0.4, -0.2) is 20.2 Å². The third-order valence-electron chi connectivity index (χ3n) is 3.31. The Hall–Kier alpha value is -2.50. The summed E-state index contributed by atoms with van der Waals surface area (Å²) in [5.74, 6) is 0.320. The van der Waals surface area contributed by atoms with E-state index in [1.807, 2.05) is 13.8 Å². The van der Waals surface area contributed by atoms with E-state index in [2.05, 4.69) is 25.5 Å². The van der Waals surface area contributed by atoms with Crippen LogP contribution in [0.2, 0.25) is 0 Å². The van der Waals surface area contributed by atoms with E-state index < -0.39 is 0 Å². The number of halogens is 1. The molecule has 3 aromatic rings. The van der Waals surface area contributed by atoms with Crippen LogP contribution in [0, 0.1) is 19.7 Å². The zero-order valence-electron chi connectivity index (χ0n) is 11.2. The molecule has 2 N–H and O–H groups in total. The lowest BCUT2D eigenvalue weighted by molar-refractivity contribution is 0.629. The van der Waals surface area contributed by atoms with Crippen molar-refractivity contribution in [3.8, 4) is 0 Å². The summed E-state index contributed by atoms with van der Waals surface area (Å²) in [7, 11) is 0. The first-order valence-electron chi connectivity index (χ1n) is 6.29. The molecule has 0 amide bonds. The predicted octanol–water partition coefficient (Wildman–Crippen LogP) is 2.72. The van der Waals surface area contributed by atoms with Crippen molar-refractivity contribution in [1.29, 1.82) is 0 Å². The summed E-state index contributed by atoms with van der Waals surface area (Å²) >= 11 is 0. The van der Waals surface area contributed by atoms with Gasteiger partial charge in [-0.1, -0.05) is 0 Å². The van der Waals surface area contributed by atoms with Crippen LogP contribution in [0.5, 0.6) is 0 Å². The number of nitrogens with zero attached hydrogens (tertiary/aromatic N) is 3. The van der Waals surface area contributed by atoms with Crippen LogP contribution in [0.1, 0.15) is 17.0 Å². The zero-order chi connectivity index (χ0) is 14.1. The lowest BCUT2D eigenvalue weighted by Gasteiger charge is -2.08. The highest BCUT2D eigenvalue weighted by molar-refractivity contribution is 5.88. The molecule has 102 valence electrons. The molecule has 2 aromatic heterocycles. The number of aromatic amines is 1. The lowest BCUT2D eigenvalue weighted by atomic mass is 10.2. The molecule has 0 aliphatic rings. The minimum absolute atomic E-state index is 0.300.